The maximum absolute atomic E-state index is 13.3. The highest BCUT2D eigenvalue weighted by molar-refractivity contribution is 5.93. The Bertz CT molecular complexity index is 1030. The van der Waals surface area contributed by atoms with E-state index in [1.54, 1.807) is 4.68 Å². The summed E-state index contributed by atoms with van der Waals surface area (Å²) >= 11 is 0. The highest BCUT2D eigenvalue weighted by atomic mass is 19.4. The second-order valence-corrected chi connectivity index (χ2v) is 7.16. The van der Waals surface area contributed by atoms with Crippen molar-refractivity contribution in [1.82, 2.24) is 19.9 Å². The number of alkyl halides is 3. The second-order valence-electron chi connectivity index (χ2n) is 7.16. The Hall–Kier alpha value is -3.16. The topological polar surface area (TPSA) is 51.0 Å². The monoisotopic (exact) mass is 400 g/mol. The summed E-state index contributed by atoms with van der Waals surface area (Å²) in [5.74, 6) is -0.258. The number of amides is 1. The molecule has 1 fully saturated rings. The Morgan fingerprint density at radius 3 is 2.41 bits per heavy atom. The Kier molecular flexibility index (Phi) is 4.86. The molecule has 0 N–H and O–H groups in total. The van der Waals surface area contributed by atoms with Gasteiger partial charge in [0.15, 0.2) is 5.69 Å². The maximum atomic E-state index is 13.3. The van der Waals surface area contributed by atoms with Crippen molar-refractivity contribution in [1.29, 1.82) is 0 Å². The van der Waals surface area contributed by atoms with Gasteiger partial charge in [0, 0.05) is 19.5 Å². The molecule has 150 valence electrons. The van der Waals surface area contributed by atoms with Gasteiger partial charge in [0.25, 0.3) is 5.91 Å². The molecule has 2 aromatic carbocycles. The Morgan fingerprint density at radius 2 is 1.76 bits per heavy atom. The van der Waals surface area contributed by atoms with Crippen LogP contribution in [0.3, 0.4) is 0 Å². The Morgan fingerprint density at radius 1 is 1.10 bits per heavy atom. The fraction of sp³-hybridized carbons (Fsp3) is 0.286. The summed E-state index contributed by atoms with van der Waals surface area (Å²) in [5.41, 5.74) is 1.01. The van der Waals surface area contributed by atoms with E-state index >= 15 is 0 Å². The van der Waals surface area contributed by atoms with E-state index in [1.807, 2.05) is 30.3 Å². The van der Waals surface area contributed by atoms with E-state index in [2.05, 4.69) is 10.3 Å². The summed E-state index contributed by atoms with van der Waals surface area (Å²) in [5, 5.41) is 8.24. The number of para-hydroxylation sites is 1. The van der Waals surface area contributed by atoms with Crippen LogP contribution in [0.5, 0.6) is 0 Å². The van der Waals surface area contributed by atoms with Crippen LogP contribution in [0.2, 0.25) is 0 Å². The van der Waals surface area contributed by atoms with Gasteiger partial charge in [-0.15, -0.1) is 5.10 Å². The van der Waals surface area contributed by atoms with Crippen LogP contribution >= 0.6 is 0 Å². The largest absolute Gasteiger partial charge is 0.416 e. The van der Waals surface area contributed by atoms with Crippen LogP contribution in [0, 0.1) is 0 Å². The lowest BCUT2D eigenvalue weighted by atomic mass is 10.1. The van der Waals surface area contributed by atoms with Gasteiger partial charge in [-0.05, 0) is 36.6 Å². The zero-order valence-electron chi connectivity index (χ0n) is 15.7. The van der Waals surface area contributed by atoms with Crippen LogP contribution in [0.25, 0.3) is 5.69 Å². The van der Waals surface area contributed by atoms with Crippen molar-refractivity contribution in [3.8, 4) is 5.69 Å². The number of rotatable bonds is 5. The lowest BCUT2D eigenvalue weighted by Gasteiger charge is -2.20. The Labute approximate surface area is 165 Å². The van der Waals surface area contributed by atoms with Crippen molar-refractivity contribution in [2.75, 3.05) is 7.05 Å². The summed E-state index contributed by atoms with van der Waals surface area (Å²) in [6.07, 6.45) is -2.61. The molecule has 0 bridgehead atoms. The standard InChI is InChI=1S/C21H19F3N4O/c1-27(13-15-7-5-6-10-17(15)21(22,23)24)20(29)18-19(14-11-12-14)28(26-25-18)16-8-3-2-4-9-16/h2-10,14H,11-13H2,1H3. The molecule has 8 heteroatoms. The molecule has 0 atom stereocenters. The van der Waals surface area contributed by atoms with Crippen LogP contribution in [0.15, 0.2) is 54.6 Å². The molecule has 1 amide bonds. The van der Waals surface area contributed by atoms with Gasteiger partial charge in [0.05, 0.1) is 16.9 Å². The van der Waals surface area contributed by atoms with E-state index < -0.39 is 17.6 Å². The molecular weight excluding hydrogens is 381 g/mol. The van der Waals surface area contributed by atoms with Crippen LogP contribution in [-0.2, 0) is 12.7 Å². The normalized spacial score (nSPS) is 14.1. The molecule has 1 aromatic heterocycles. The first-order valence-corrected chi connectivity index (χ1v) is 9.28. The van der Waals surface area contributed by atoms with E-state index in [0.29, 0.717) is 0 Å². The number of halogens is 3. The fourth-order valence-corrected chi connectivity index (χ4v) is 3.37. The molecular formula is C21H19F3N4O. The van der Waals surface area contributed by atoms with Crippen molar-refractivity contribution in [3.63, 3.8) is 0 Å². The van der Waals surface area contributed by atoms with Crippen LogP contribution in [-0.4, -0.2) is 32.8 Å². The first-order valence-electron chi connectivity index (χ1n) is 9.28. The van der Waals surface area contributed by atoms with Gasteiger partial charge < -0.3 is 4.90 Å². The quantitative estimate of drug-likeness (QED) is 0.636. The zero-order chi connectivity index (χ0) is 20.6. The van der Waals surface area contributed by atoms with Crippen molar-refractivity contribution in [2.45, 2.75) is 31.5 Å². The number of hydrogen-bond donors (Lipinski definition) is 0. The smallest absolute Gasteiger partial charge is 0.336 e. The van der Waals surface area contributed by atoms with Crippen molar-refractivity contribution in [3.05, 3.63) is 77.1 Å². The third-order valence-electron chi connectivity index (χ3n) is 4.95. The first-order chi connectivity index (χ1) is 13.9. The van der Waals surface area contributed by atoms with Gasteiger partial charge in [-0.3, -0.25) is 4.79 Å². The molecule has 4 rings (SSSR count). The minimum absolute atomic E-state index is 0.0410. The fourth-order valence-electron chi connectivity index (χ4n) is 3.37. The summed E-state index contributed by atoms with van der Waals surface area (Å²) in [6, 6.07) is 14.6. The molecule has 5 nitrogen and oxygen atoms in total. The van der Waals surface area contributed by atoms with Crippen LogP contribution in [0.4, 0.5) is 13.2 Å². The van der Waals surface area contributed by atoms with Gasteiger partial charge in [-0.1, -0.05) is 41.6 Å². The SMILES string of the molecule is CN(Cc1ccccc1C(F)(F)F)C(=O)c1nnn(-c2ccccc2)c1C1CC1. The maximum Gasteiger partial charge on any atom is 0.416 e. The third kappa shape index (κ3) is 3.87. The molecule has 0 radical (unpaired) electrons. The van der Waals surface area contributed by atoms with Gasteiger partial charge in [0.1, 0.15) is 0 Å². The van der Waals surface area contributed by atoms with E-state index in [9.17, 15) is 18.0 Å². The molecule has 1 aliphatic carbocycles. The van der Waals surface area contributed by atoms with Gasteiger partial charge >= 0.3 is 6.18 Å². The minimum Gasteiger partial charge on any atom is -0.336 e. The van der Waals surface area contributed by atoms with Crippen molar-refractivity contribution >= 4 is 5.91 Å². The minimum atomic E-state index is -4.48. The molecule has 1 saturated carbocycles. The Balaban J connectivity index is 1.63. The van der Waals surface area contributed by atoms with Crippen LogP contribution < -0.4 is 0 Å². The van der Waals surface area contributed by atoms with E-state index in [0.717, 1.165) is 30.3 Å². The number of carbonyl (C=O) groups is 1. The third-order valence-corrected chi connectivity index (χ3v) is 4.95. The molecule has 29 heavy (non-hydrogen) atoms. The van der Waals surface area contributed by atoms with E-state index in [-0.39, 0.29) is 23.7 Å². The summed E-state index contributed by atoms with van der Waals surface area (Å²) in [7, 11) is 1.48. The molecule has 1 heterocycles. The number of benzene rings is 2. The summed E-state index contributed by atoms with van der Waals surface area (Å²) < 4.78 is 41.4. The molecule has 0 spiro atoms. The molecule has 0 aliphatic heterocycles. The average Bonchev–Trinajstić information content (AvgIpc) is 3.45. The molecule has 0 unspecified atom stereocenters. The molecule has 1 aliphatic rings. The number of hydrogen-bond acceptors (Lipinski definition) is 3. The lowest BCUT2D eigenvalue weighted by Crippen LogP contribution is -2.28. The summed E-state index contributed by atoms with van der Waals surface area (Å²) in [6.45, 7) is -0.170. The van der Waals surface area contributed by atoms with E-state index in [4.69, 9.17) is 0 Å². The molecule has 0 saturated heterocycles. The predicted octanol–water partition coefficient (Wildman–Crippen LogP) is 4.44. The zero-order valence-corrected chi connectivity index (χ0v) is 15.7. The number of nitrogens with zero attached hydrogens (tertiary/aromatic N) is 4. The van der Waals surface area contributed by atoms with E-state index in [1.165, 1.54) is 30.1 Å². The van der Waals surface area contributed by atoms with Crippen LogP contribution in [0.1, 0.15) is 46.1 Å². The number of carbonyl (C=O) groups excluding carboxylic acids is 1. The average molecular weight is 400 g/mol. The first kappa shape index (κ1) is 19.2. The van der Waals surface area contributed by atoms with Gasteiger partial charge in [0.2, 0.25) is 0 Å². The molecule has 3 aromatic rings. The highest BCUT2D eigenvalue weighted by Gasteiger charge is 2.36. The highest BCUT2D eigenvalue weighted by Crippen LogP contribution is 2.42. The number of aromatic nitrogens is 3. The predicted molar refractivity (Wildman–Crippen MR) is 101 cm³/mol. The lowest BCUT2D eigenvalue weighted by molar-refractivity contribution is -0.138. The second kappa shape index (κ2) is 7.35. The van der Waals surface area contributed by atoms with Gasteiger partial charge in [-0.2, -0.15) is 13.2 Å². The van der Waals surface area contributed by atoms with Gasteiger partial charge in [-0.25, -0.2) is 4.68 Å². The van der Waals surface area contributed by atoms with Crippen molar-refractivity contribution < 1.29 is 18.0 Å². The summed E-state index contributed by atoms with van der Waals surface area (Å²) in [4.78, 5) is 14.3. The van der Waals surface area contributed by atoms with Crippen molar-refractivity contribution in [2.24, 2.45) is 0 Å².